The van der Waals surface area contributed by atoms with Crippen LogP contribution in [0, 0.1) is 0 Å². The predicted molar refractivity (Wildman–Crippen MR) is 81.0 cm³/mol. The highest BCUT2D eigenvalue weighted by molar-refractivity contribution is 7.89. The standard InChI is InChI=1S/C14H18N2O6S/c1-10(17)22-15-11-5-7-12(8-6-11)23(20,21)16-9-3-2-4-13(16)14(18)19/h5-8,13,15H,2-4,9H2,1H3,(H,18,19)/t13-/m1/s1. The summed E-state index contributed by atoms with van der Waals surface area (Å²) in [5.41, 5.74) is 2.79. The Morgan fingerprint density at radius 2 is 1.91 bits per heavy atom. The third-order valence-electron chi connectivity index (χ3n) is 3.51. The first-order valence-electron chi connectivity index (χ1n) is 7.10. The van der Waals surface area contributed by atoms with Crippen LogP contribution in [0.2, 0.25) is 0 Å². The number of aliphatic carboxylic acids is 1. The highest BCUT2D eigenvalue weighted by Crippen LogP contribution is 2.26. The fraction of sp³-hybridized carbons (Fsp3) is 0.429. The Hall–Kier alpha value is -2.13. The molecule has 1 heterocycles. The Balaban J connectivity index is 2.21. The molecule has 0 amide bonds. The van der Waals surface area contributed by atoms with E-state index < -0.39 is 28.0 Å². The van der Waals surface area contributed by atoms with Crippen molar-refractivity contribution in [1.29, 1.82) is 0 Å². The van der Waals surface area contributed by atoms with Crippen LogP contribution in [0.4, 0.5) is 5.69 Å². The Morgan fingerprint density at radius 3 is 2.48 bits per heavy atom. The monoisotopic (exact) mass is 342 g/mol. The average molecular weight is 342 g/mol. The first-order valence-corrected chi connectivity index (χ1v) is 8.54. The lowest BCUT2D eigenvalue weighted by molar-refractivity contribution is -0.142. The highest BCUT2D eigenvalue weighted by atomic mass is 32.2. The quantitative estimate of drug-likeness (QED) is 0.773. The largest absolute Gasteiger partial charge is 0.480 e. The summed E-state index contributed by atoms with van der Waals surface area (Å²) < 4.78 is 26.3. The van der Waals surface area contributed by atoms with E-state index in [1.807, 2.05) is 0 Å². The van der Waals surface area contributed by atoms with E-state index in [0.29, 0.717) is 24.9 Å². The summed E-state index contributed by atoms with van der Waals surface area (Å²) in [6.45, 7) is 1.42. The minimum absolute atomic E-state index is 0.000903. The Bertz CT molecular complexity index is 686. The van der Waals surface area contributed by atoms with Gasteiger partial charge in [-0.2, -0.15) is 4.31 Å². The molecule has 2 N–H and O–H groups in total. The second-order valence-electron chi connectivity index (χ2n) is 5.19. The Labute approximate surface area is 134 Å². The van der Waals surface area contributed by atoms with Gasteiger partial charge in [0, 0.05) is 13.5 Å². The number of piperidine rings is 1. The van der Waals surface area contributed by atoms with Crippen LogP contribution in [-0.2, 0) is 24.4 Å². The van der Waals surface area contributed by atoms with Gasteiger partial charge in [-0.25, -0.2) is 13.9 Å². The number of nitrogens with zero attached hydrogens (tertiary/aromatic N) is 1. The number of nitrogens with one attached hydrogen (secondary N) is 1. The zero-order chi connectivity index (χ0) is 17.0. The van der Waals surface area contributed by atoms with Crippen molar-refractivity contribution in [3.63, 3.8) is 0 Å². The zero-order valence-corrected chi connectivity index (χ0v) is 13.4. The number of carboxylic acids is 1. The van der Waals surface area contributed by atoms with Gasteiger partial charge in [-0.15, -0.1) is 0 Å². The molecular weight excluding hydrogens is 324 g/mol. The highest BCUT2D eigenvalue weighted by Gasteiger charge is 2.37. The number of benzene rings is 1. The summed E-state index contributed by atoms with van der Waals surface area (Å²) in [6.07, 6.45) is 1.63. The predicted octanol–water partition coefficient (Wildman–Crippen LogP) is 1.20. The maximum Gasteiger partial charge on any atom is 0.329 e. The minimum Gasteiger partial charge on any atom is -0.480 e. The smallest absolute Gasteiger partial charge is 0.329 e. The van der Waals surface area contributed by atoms with Crippen LogP contribution in [0.3, 0.4) is 0 Å². The molecule has 0 radical (unpaired) electrons. The average Bonchev–Trinajstić information content (AvgIpc) is 2.53. The molecule has 0 aromatic heterocycles. The van der Waals surface area contributed by atoms with E-state index in [0.717, 1.165) is 4.31 Å². The molecule has 0 saturated carbocycles. The van der Waals surface area contributed by atoms with Crippen LogP contribution in [-0.4, -0.2) is 42.4 Å². The third-order valence-corrected chi connectivity index (χ3v) is 5.43. The van der Waals surface area contributed by atoms with Crippen LogP contribution < -0.4 is 5.48 Å². The second kappa shape index (κ2) is 6.97. The Morgan fingerprint density at radius 1 is 1.26 bits per heavy atom. The molecule has 8 nitrogen and oxygen atoms in total. The molecule has 1 aromatic carbocycles. The first kappa shape index (κ1) is 17.2. The molecule has 23 heavy (non-hydrogen) atoms. The molecule has 2 rings (SSSR count). The zero-order valence-electron chi connectivity index (χ0n) is 12.6. The fourth-order valence-corrected chi connectivity index (χ4v) is 4.05. The van der Waals surface area contributed by atoms with E-state index in [9.17, 15) is 23.1 Å². The maximum absolute atomic E-state index is 12.6. The summed E-state index contributed by atoms with van der Waals surface area (Å²) in [4.78, 5) is 26.6. The van der Waals surface area contributed by atoms with Crippen molar-refractivity contribution in [2.45, 2.75) is 37.1 Å². The number of anilines is 1. The van der Waals surface area contributed by atoms with Crippen LogP contribution in [0.5, 0.6) is 0 Å². The Kier molecular flexibility index (Phi) is 5.22. The molecular formula is C14H18N2O6S. The molecule has 0 spiro atoms. The van der Waals surface area contributed by atoms with Gasteiger partial charge in [0.1, 0.15) is 6.04 Å². The van der Waals surface area contributed by atoms with Gasteiger partial charge in [0.2, 0.25) is 10.0 Å². The number of hydrogen-bond acceptors (Lipinski definition) is 6. The van der Waals surface area contributed by atoms with Crippen LogP contribution in [0.1, 0.15) is 26.2 Å². The van der Waals surface area contributed by atoms with Crippen LogP contribution in [0.25, 0.3) is 0 Å². The summed E-state index contributed by atoms with van der Waals surface area (Å²) in [5.74, 6) is -1.67. The van der Waals surface area contributed by atoms with Crippen molar-refractivity contribution in [2.75, 3.05) is 12.0 Å². The topological polar surface area (TPSA) is 113 Å². The van der Waals surface area contributed by atoms with E-state index in [2.05, 4.69) is 10.3 Å². The van der Waals surface area contributed by atoms with Crippen LogP contribution in [0.15, 0.2) is 29.2 Å². The first-order chi connectivity index (χ1) is 10.8. The lowest BCUT2D eigenvalue weighted by Crippen LogP contribution is -2.47. The molecule has 1 aliphatic heterocycles. The van der Waals surface area contributed by atoms with Gasteiger partial charge < -0.3 is 9.94 Å². The van der Waals surface area contributed by atoms with Gasteiger partial charge in [0.25, 0.3) is 0 Å². The minimum atomic E-state index is -3.89. The number of hydrogen-bond donors (Lipinski definition) is 2. The fourth-order valence-electron chi connectivity index (χ4n) is 2.40. The molecule has 1 aromatic rings. The summed E-state index contributed by atoms with van der Waals surface area (Å²) in [5, 5.41) is 9.22. The second-order valence-corrected chi connectivity index (χ2v) is 7.08. The van der Waals surface area contributed by atoms with Gasteiger partial charge in [0.15, 0.2) is 0 Å². The molecule has 0 aliphatic carbocycles. The third kappa shape index (κ3) is 3.99. The molecule has 0 bridgehead atoms. The molecule has 9 heteroatoms. The molecule has 1 saturated heterocycles. The molecule has 0 unspecified atom stereocenters. The van der Waals surface area contributed by atoms with Gasteiger partial charge in [-0.1, -0.05) is 0 Å². The molecule has 1 fully saturated rings. The van der Waals surface area contributed by atoms with Gasteiger partial charge in [-0.3, -0.25) is 9.59 Å². The maximum atomic E-state index is 12.6. The number of sulfonamides is 1. The molecule has 1 atom stereocenters. The van der Waals surface area contributed by atoms with E-state index in [4.69, 9.17) is 0 Å². The van der Waals surface area contributed by atoms with Crippen molar-refractivity contribution in [1.82, 2.24) is 4.31 Å². The van der Waals surface area contributed by atoms with Crippen molar-refractivity contribution < 1.29 is 28.0 Å². The van der Waals surface area contributed by atoms with Crippen molar-refractivity contribution in [3.05, 3.63) is 24.3 Å². The molecule has 126 valence electrons. The SMILES string of the molecule is CC(=O)ONc1ccc(S(=O)(=O)N2CCCC[C@@H]2C(=O)O)cc1. The number of carbonyl (C=O) groups excluding carboxylic acids is 1. The van der Waals surface area contributed by atoms with Gasteiger partial charge >= 0.3 is 11.9 Å². The van der Waals surface area contributed by atoms with E-state index in [1.165, 1.54) is 31.2 Å². The lowest BCUT2D eigenvalue weighted by Gasteiger charge is -2.31. The summed E-state index contributed by atoms with van der Waals surface area (Å²) in [7, 11) is -3.89. The lowest BCUT2D eigenvalue weighted by atomic mass is 10.1. The number of carbonyl (C=O) groups is 2. The summed E-state index contributed by atoms with van der Waals surface area (Å²) >= 11 is 0. The number of carboxylic acid groups (broad SMARTS) is 1. The molecule has 1 aliphatic rings. The van der Waals surface area contributed by atoms with Crippen molar-refractivity contribution in [2.24, 2.45) is 0 Å². The van der Waals surface area contributed by atoms with E-state index in [1.54, 1.807) is 0 Å². The normalized spacial score (nSPS) is 19.1. The summed E-state index contributed by atoms with van der Waals surface area (Å²) in [6, 6.07) is 4.53. The number of rotatable bonds is 5. The van der Waals surface area contributed by atoms with E-state index in [-0.39, 0.29) is 11.4 Å². The van der Waals surface area contributed by atoms with Crippen molar-refractivity contribution >= 4 is 27.6 Å². The van der Waals surface area contributed by atoms with Gasteiger partial charge in [-0.05, 0) is 43.5 Å². The van der Waals surface area contributed by atoms with Crippen LogP contribution >= 0.6 is 0 Å². The van der Waals surface area contributed by atoms with Crippen molar-refractivity contribution in [3.8, 4) is 0 Å². The van der Waals surface area contributed by atoms with E-state index >= 15 is 0 Å². The van der Waals surface area contributed by atoms with Gasteiger partial charge in [0.05, 0.1) is 10.6 Å².